The molecule has 0 amide bonds. The van der Waals surface area contributed by atoms with E-state index in [4.69, 9.17) is 4.74 Å². The van der Waals surface area contributed by atoms with Gasteiger partial charge in [-0.1, -0.05) is 18.6 Å². The van der Waals surface area contributed by atoms with Crippen molar-refractivity contribution in [1.82, 2.24) is 15.5 Å². The molecule has 0 bridgehead atoms. The van der Waals surface area contributed by atoms with E-state index in [1.54, 1.807) is 0 Å². The fraction of sp³-hybridized carbons (Fsp3) is 0.850. The molecule has 1 aliphatic heterocycles. The van der Waals surface area contributed by atoms with Gasteiger partial charge in [-0.2, -0.15) is 0 Å². The monoisotopic (exact) mass is 348 g/mol. The molecule has 0 aromatic heterocycles. The van der Waals surface area contributed by atoms with Crippen molar-refractivity contribution in [2.24, 2.45) is 10.4 Å². The van der Waals surface area contributed by atoms with Gasteiger partial charge in [0.15, 0.2) is 5.96 Å². The van der Waals surface area contributed by atoms with Crippen molar-refractivity contribution in [2.45, 2.75) is 70.6 Å². The molecular formula is C20H36N4O. The summed E-state index contributed by atoms with van der Waals surface area (Å²) in [7, 11) is 1.89. The number of hydrogen-bond acceptors (Lipinski definition) is 3. The molecule has 0 aromatic carbocycles. The van der Waals surface area contributed by atoms with E-state index in [0.29, 0.717) is 23.6 Å². The Morgan fingerprint density at radius 3 is 2.52 bits per heavy atom. The number of nitrogens with one attached hydrogen (secondary N) is 2. The second-order valence-electron chi connectivity index (χ2n) is 8.19. The summed E-state index contributed by atoms with van der Waals surface area (Å²) in [5.41, 5.74) is 1.63. The van der Waals surface area contributed by atoms with Crippen LogP contribution in [0.25, 0.3) is 0 Å². The van der Waals surface area contributed by atoms with E-state index in [9.17, 15) is 0 Å². The predicted molar refractivity (Wildman–Crippen MR) is 104 cm³/mol. The first-order valence-electron chi connectivity index (χ1n) is 10.1. The maximum Gasteiger partial charge on any atom is 0.191 e. The van der Waals surface area contributed by atoms with E-state index in [1.165, 1.54) is 37.7 Å². The lowest BCUT2D eigenvalue weighted by Gasteiger charge is -2.61. The van der Waals surface area contributed by atoms with E-state index in [2.05, 4.69) is 41.0 Å². The lowest BCUT2D eigenvalue weighted by Crippen LogP contribution is -2.69. The Bertz CT molecular complexity index is 492. The molecule has 2 aliphatic carbocycles. The Morgan fingerprint density at radius 1 is 1.28 bits per heavy atom. The van der Waals surface area contributed by atoms with Gasteiger partial charge in [0.05, 0.1) is 6.10 Å². The summed E-state index contributed by atoms with van der Waals surface area (Å²) in [5, 5.41) is 7.37. The van der Waals surface area contributed by atoms with Gasteiger partial charge < -0.3 is 15.4 Å². The van der Waals surface area contributed by atoms with Gasteiger partial charge in [0.25, 0.3) is 0 Å². The minimum absolute atomic E-state index is 0.373. The first-order chi connectivity index (χ1) is 12.1. The Kier molecular flexibility index (Phi) is 6.05. The summed E-state index contributed by atoms with van der Waals surface area (Å²) < 4.78 is 5.96. The number of aliphatic imine (C=N–C) groups is 1. The Hall–Kier alpha value is -1.07. The SMILES string of the molecule is C=C(C)CN1CCC(NC(=NC)NC2CC(OCC)C23CCC3)CC1. The minimum atomic E-state index is 0.373. The molecule has 2 atom stereocenters. The Balaban J connectivity index is 1.46. The minimum Gasteiger partial charge on any atom is -0.378 e. The fourth-order valence-corrected chi connectivity index (χ4v) is 4.79. The molecule has 142 valence electrons. The standard InChI is InChI=1S/C20H36N4O/c1-5-25-18-13-17(20(18)9-6-10-20)23-19(21-4)22-16-7-11-24(12-8-16)14-15(2)3/h16-18H,2,5-14H2,1,3-4H3,(H2,21,22,23). The highest BCUT2D eigenvalue weighted by molar-refractivity contribution is 5.80. The second kappa shape index (κ2) is 8.09. The van der Waals surface area contributed by atoms with Crippen LogP contribution in [-0.4, -0.2) is 62.3 Å². The normalized spacial score (nSPS) is 29.8. The zero-order valence-electron chi connectivity index (χ0n) is 16.3. The molecule has 5 nitrogen and oxygen atoms in total. The first kappa shape index (κ1) is 18.7. The first-order valence-corrected chi connectivity index (χ1v) is 10.1. The van der Waals surface area contributed by atoms with Crippen LogP contribution in [0.4, 0.5) is 0 Å². The molecule has 2 unspecified atom stereocenters. The van der Waals surface area contributed by atoms with Crippen molar-refractivity contribution < 1.29 is 4.74 Å². The van der Waals surface area contributed by atoms with E-state index >= 15 is 0 Å². The van der Waals surface area contributed by atoms with Crippen LogP contribution in [0.2, 0.25) is 0 Å². The summed E-state index contributed by atoms with van der Waals surface area (Å²) in [6.07, 6.45) is 7.85. The van der Waals surface area contributed by atoms with E-state index in [1.807, 2.05) is 7.05 Å². The van der Waals surface area contributed by atoms with Gasteiger partial charge in [-0.05, 0) is 46.0 Å². The van der Waals surface area contributed by atoms with Crippen molar-refractivity contribution >= 4 is 5.96 Å². The maximum atomic E-state index is 5.96. The molecule has 2 N–H and O–H groups in total. The van der Waals surface area contributed by atoms with E-state index < -0.39 is 0 Å². The molecule has 3 aliphatic rings. The highest BCUT2D eigenvalue weighted by Gasteiger charge is 2.59. The van der Waals surface area contributed by atoms with Crippen molar-refractivity contribution in [3.8, 4) is 0 Å². The maximum absolute atomic E-state index is 5.96. The van der Waals surface area contributed by atoms with Crippen LogP contribution in [0.3, 0.4) is 0 Å². The second-order valence-corrected chi connectivity index (χ2v) is 8.19. The van der Waals surface area contributed by atoms with Gasteiger partial charge in [0.2, 0.25) is 0 Å². The molecule has 0 radical (unpaired) electrons. The van der Waals surface area contributed by atoms with Gasteiger partial charge in [-0.3, -0.25) is 9.89 Å². The summed E-state index contributed by atoms with van der Waals surface area (Å²) in [6.45, 7) is 12.4. The van der Waals surface area contributed by atoms with Gasteiger partial charge in [-0.25, -0.2) is 0 Å². The smallest absolute Gasteiger partial charge is 0.191 e. The van der Waals surface area contributed by atoms with Crippen LogP contribution >= 0.6 is 0 Å². The molecule has 25 heavy (non-hydrogen) atoms. The summed E-state index contributed by atoms with van der Waals surface area (Å²) >= 11 is 0. The molecule has 1 saturated heterocycles. The summed E-state index contributed by atoms with van der Waals surface area (Å²) in [5.74, 6) is 0.976. The third-order valence-electron chi connectivity index (χ3n) is 6.39. The number of hydrogen-bond donors (Lipinski definition) is 2. The van der Waals surface area contributed by atoms with Crippen molar-refractivity contribution in [1.29, 1.82) is 0 Å². The fourth-order valence-electron chi connectivity index (χ4n) is 4.79. The van der Waals surface area contributed by atoms with Crippen LogP contribution in [0.15, 0.2) is 17.1 Å². The number of rotatable bonds is 6. The lowest BCUT2D eigenvalue weighted by molar-refractivity contribution is -0.168. The largest absolute Gasteiger partial charge is 0.378 e. The molecule has 1 heterocycles. The molecule has 3 fully saturated rings. The quantitative estimate of drug-likeness (QED) is 0.440. The average molecular weight is 349 g/mol. The topological polar surface area (TPSA) is 48.9 Å². The number of ether oxygens (including phenoxy) is 1. The molecule has 3 rings (SSSR count). The highest BCUT2D eigenvalue weighted by Crippen LogP contribution is 2.57. The van der Waals surface area contributed by atoms with E-state index in [-0.39, 0.29) is 0 Å². The van der Waals surface area contributed by atoms with Crippen molar-refractivity contribution in [2.75, 3.05) is 33.3 Å². The Morgan fingerprint density at radius 2 is 2.00 bits per heavy atom. The Labute approximate surface area is 153 Å². The number of piperidine rings is 1. The van der Waals surface area contributed by atoms with Crippen molar-refractivity contribution in [3.63, 3.8) is 0 Å². The molecule has 0 aromatic rings. The number of guanidine groups is 1. The zero-order chi connectivity index (χ0) is 17.9. The highest BCUT2D eigenvalue weighted by atomic mass is 16.5. The van der Waals surface area contributed by atoms with Crippen LogP contribution in [-0.2, 0) is 4.74 Å². The van der Waals surface area contributed by atoms with Gasteiger partial charge in [-0.15, -0.1) is 0 Å². The van der Waals surface area contributed by atoms with Gasteiger partial charge in [0, 0.05) is 50.8 Å². The summed E-state index contributed by atoms with van der Waals surface area (Å²) in [6, 6.07) is 1.04. The van der Waals surface area contributed by atoms with Crippen LogP contribution in [0.1, 0.15) is 52.4 Å². The third-order valence-corrected chi connectivity index (χ3v) is 6.39. The van der Waals surface area contributed by atoms with Crippen LogP contribution in [0.5, 0.6) is 0 Å². The molecule has 5 heteroatoms. The van der Waals surface area contributed by atoms with Gasteiger partial charge in [0.1, 0.15) is 0 Å². The number of nitrogens with zero attached hydrogens (tertiary/aromatic N) is 2. The predicted octanol–water partition coefficient (Wildman–Crippen LogP) is 2.54. The summed E-state index contributed by atoms with van der Waals surface area (Å²) in [4.78, 5) is 6.99. The molecular weight excluding hydrogens is 312 g/mol. The number of likely N-dealkylation sites (tertiary alicyclic amines) is 1. The van der Waals surface area contributed by atoms with Crippen LogP contribution < -0.4 is 10.6 Å². The van der Waals surface area contributed by atoms with Crippen molar-refractivity contribution in [3.05, 3.63) is 12.2 Å². The van der Waals surface area contributed by atoms with Crippen LogP contribution in [0, 0.1) is 5.41 Å². The molecule has 2 saturated carbocycles. The molecule has 1 spiro atoms. The lowest BCUT2D eigenvalue weighted by atomic mass is 9.51. The third kappa shape index (κ3) is 4.03. The average Bonchev–Trinajstić information content (AvgIpc) is 2.52. The van der Waals surface area contributed by atoms with E-state index in [0.717, 1.165) is 38.6 Å². The van der Waals surface area contributed by atoms with Gasteiger partial charge >= 0.3 is 0 Å². The zero-order valence-corrected chi connectivity index (χ0v) is 16.3.